The van der Waals surface area contributed by atoms with Crippen LogP contribution in [0, 0.1) is 5.82 Å². The Morgan fingerprint density at radius 3 is 2.93 bits per heavy atom. The zero-order chi connectivity index (χ0) is 20.6. The molecule has 0 radical (unpaired) electrons. The van der Waals surface area contributed by atoms with E-state index in [1.807, 2.05) is 4.90 Å². The van der Waals surface area contributed by atoms with Crippen LogP contribution >= 0.6 is 0 Å². The van der Waals surface area contributed by atoms with E-state index >= 15 is 0 Å². The fraction of sp³-hybridized carbons (Fsp3) is 0.263. The highest BCUT2D eigenvalue weighted by atomic mass is 32.2. The number of amidine groups is 1. The lowest BCUT2D eigenvalue weighted by molar-refractivity contribution is 0.446. The average Bonchev–Trinajstić information content (AvgIpc) is 3.16. The lowest BCUT2D eigenvalue weighted by atomic mass is 10.1. The first-order chi connectivity index (χ1) is 13.9. The molecule has 0 amide bonds. The Bertz CT molecular complexity index is 1130. The highest BCUT2D eigenvalue weighted by Crippen LogP contribution is 2.37. The number of ether oxygens (including phenoxy) is 1. The minimum Gasteiger partial charge on any atom is -0.452 e. The lowest BCUT2D eigenvalue weighted by Gasteiger charge is -2.21. The standard InChI is InChI=1S/C19H20FN5O3S/c1-2-9-29(26,27)24-16-6-4-14(21)18(17(16)20)28-12-3-5-15-13(10-12)19-22-7-8-25(19)11-23-15/h3-6,10-11,24H,2,7-9,21H2,1H3. The third-order valence-electron chi connectivity index (χ3n) is 4.51. The van der Waals surface area contributed by atoms with Gasteiger partial charge in [0.2, 0.25) is 10.0 Å². The molecule has 2 aliphatic rings. The molecule has 4 rings (SSSR count). The Morgan fingerprint density at radius 1 is 1.31 bits per heavy atom. The van der Waals surface area contributed by atoms with Crippen LogP contribution in [0.25, 0.3) is 0 Å². The maximum Gasteiger partial charge on any atom is 0.232 e. The Hall–Kier alpha value is -3.14. The molecule has 0 spiro atoms. The summed E-state index contributed by atoms with van der Waals surface area (Å²) in [6, 6.07) is 7.79. The first kappa shape index (κ1) is 19.2. The largest absolute Gasteiger partial charge is 0.452 e. The molecule has 29 heavy (non-hydrogen) atoms. The number of hydrogen-bond donors (Lipinski definition) is 2. The maximum absolute atomic E-state index is 15.0. The quantitative estimate of drug-likeness (QED) is 0.702. The molecule has 0 saturated carbocycles. The predicted molar refractivity (Wildman–Crippen MR) is 111 cm³/mol. The smallest absolute Gasteiger partial charge is 0.232 e. The number of nitrogen functional groups attached to an aromatic ring is 1. The zero-order valence-electron chi connectivity index (χ0n) is 15.7. The molecule has 0 fully saturated rings. The van der Waals surface area contributed by atoms with E-state index in [2.05, 4.69) is 14.7 Å². The van der Waals surface area contributed by atoms with Crippen LogP contribution in [-0.4, -0.2) is 44.3 Å². The van der Waals surface area contributed by atoms with Gasteiger partial charge in [-0.2, -0.15) is 0 Å². The van der Waals surface area contributed by atoms with Crippen LogP contribution < -0.4 is 15.2 Å². The summed E-state index contributed by atoms with van der Waals surface area (Å²) >= 11 is 0. The molecular weight excluding hydrogens is 397 g/mol. The minimum absolute atomic E-state index is 0.0523. The molecule has 2 heterocycles. The van der Waals surface area contributed by atoms with Crippen LogP contribution in [-0.2, 0) is 10.0 Å². The molecule has 152 valence electrons. The molecule has 0 aromatic heterocycles. The third-order valence-corrected chi connectivity index (χ3v) is 5.98. The summed E-state index contributed by atoms with van der Waals surface area (Å²) in [6.07, 6.45) is 2.14. The molecule has 8 nitrogen and oxygen atoms in total. The van der Waals surface area contributed by atoms with Crippen molar-refractivity contribution in [3.63, 3.8) is 0 Å². The third kappa shape index (κ3) is 3.75. The van der Waals surface area contributed by atoms with Crippen LogP contribution in [0.3, 0.4) is 0 Å². The first-order valence-corrected chi connectivity index (χ1v) is 10.8. The van der Waals surface area contributed by atoms with Crippen LogP contribution in [0.2, 0.25) is 0 Å². The average molecular weight is 417 g/mol. The number of nitrogens with zero attached hydrogens (tertiary/aromatic N) is 3. The number of fused-ring (bicyclic) bond motifs is 3. The maximum atomic E-state index is 15.0. The van der Waals surface area contributed by atoms with E-state index in [1.54, 1.807) is 31.5 Å². The molecule has 3 N–H and O–H groups in total. The molecule has 10 heteroatoms. The van der Waals surface area contributed by atoms with E-state index in [9.17, 15) is 12.8 Å². The SMILES string of the molecule is CCCS(=O)(=O)Nc1ccc(N)c(Oc2ccc3c(c2)C2=NCCN2C=N3)c1F. The molecular formula is C19H20FN5O3S. The van der Waals surface area contributed by atoms with Crippen molar-refractivity contribution in [3.8, 4) is 11.5 Å². The van der Waals surface area contributed by atoms with Crippen molar-refractivity contribution in [2.24, 2.45) is 9.98 Å². The molecule has 2 aromatic rings. The number of aliphatic imine (C=N–C) groups is 2. The highest BCUT2D eigenvalue weighted by molar-refractivity contribution is 7.92. The first-order valence-electron chi connectivity index (χ1n) is 9.14. The van der Waals surface area contributed by atoms with Crippen LogP contribution in [0.1, 0.15) is 18.9 Å². The lowest BCUT2D eigenvalue weighted by Crippen LogP contribution is -2.29. The number of nitrogens with two attached hydrogens (primary N) is 1. The van der Waals surface area contributed by atoms with E-state index in [0.717, 1.165) is 23.6 Å². The molecule has 0 bridgehead atoms. The van der Waals surface area contributed by atoms with Crippen LogP contribution in [0.4, 0.5) is 21.5 Å². The number of anilines is 2. The molecule has 2 aliphatic heterocycles. The van der Waals surface area contributed by atoms with Gasteiger partial charge in [-0.25, -0.2) is 17.8 Å². The van der Waals surface area contributed by atoms with Crippen LogP contribution in [0.5, 0.6) is 11.5 Å². The summed E-state index contributed by atoms with van der Waals surface area (Å²) in [5, 5.41) is 0. The predicted octanol–water partition coefficient (Wildman–Crippen LogP) is 3.09. The minimum atomic E-state index is -3.66. The number of benzene rings is 2. The monoisotopic (exact) mass is 417 g/mol. The van der Waals surface area contributed by atoms with Gasteiger partial charge in [-0.1, -0.05) is 6.92 Å². The van der Waals surface area contributed by atoms with Gasteiger partial charge in [-0.05, 0) is 36.8 Å². The van der Waals surface area contributed by atoms with Gasteiger partial charge < -0.3 is 15.4 Å². The van der Waals surface area contributed by atoms with Crippen molar-refractivity contribution in [2.75, 3.05) is 29.3 Å². The number of halogens is 1. The summed E-state index contributed by atoms with van der Waals surface area (Å²) in [7, 11) is -3.66. The topological polar surface area (TPSA) is 109 Å². The zero-order valence-corrected chi connectivity index (χ0v) is 16.5. The Morgan fingerprint density at radius 2 is 2.14 bits per heavy atom. The molecule has 2 aromatic carbocycles. The van der Waals surface area contributed by atoms with Crippen molar-refractivity contribution < 1.29 is 17.5 Å². The normalized spacial score (nSPS) is 15.0. The van der Waals surface area contributed by atoms with Crippen molar-refractivity contribution in [1.29, 1.82) is 0 Å². The van der Waals surface area contributed by atoms with Gasteiger partial charge in [0.25, 0.3) is 0 Å². The van der Waals surface area contributed by atoms with Crippen LogP contribution in [0.15, 0.2) is 40.3 Å². The fourth-order valence-corrected chi connectivity index (χ4v) is 4.31. The van der Waals surface area contributed by atoms with E-state index in [0.29, 0.717) is 18.7 Å². The molecule has 0 atom stereocenters. The van der Waals surface area contributed by atoms with E-state index in [4.69, 9.17) is 10.5 Å². The van der Waals surface area contributed by atoms with E-state index in [1.165, 1.54) is 12.1 Å². The molecule has 0 saturated heterocycles. The second-order valence-electron chi connectivity index (χ2n) is 6.69. The Labute approximate surface area is 168 Å². The van der Waals surface area contributed by atoms with Crippen molar-refractivity contribution in [2.45, 2.75) is 13.3 Å². The van der Waals surface area contributed by atoms with Gasteiger partial charge >= 0.3 is 0 Å². The Balaban J connectivity index is 1.66. The second-order valence-corrected chi connectivity index (χ2v) is 8.53. The summed E-state index contributed by atoms with van der Waals surface area (Å²) in [5.74, 6) is -0.104. The Kier molecular flexibility index (Phi) is 4.87. The summed E-state index contributed by atoms with van der Waals surface area (Å²) in [6.45, 7) is 3.15. The number of sulfonamides is 1. The van der Waals surface area contributed by atoms with Gasteiger partial charge in [0, 0.05) is 12.1 Å². The number of nitrogens with one attached hydrogen (secondary N) is 1. The van der Waals surface area contributed by atoms with Gasteiger partial charge in [0.1, 0.15) is 11.6 Å². The van der Waals surface area contributed by atoms with Gasteiger partial charge in [0.15, 0.2) is 11.6 Å². The van der Waals surface area contributed by atoms with Gasteiger partial charge in [-0.15, -0.1) is 0 Å². The van der Waals surface area contributed by atoms with Gasteiger partial charge in [-0.3, -0.25) is 9.71 Å². The second kappa shape index (κ2) is 7.36. The van der Waals surface area contributed by atoms with Crippen molar-refractivity contribution in [1.82, 2.24) is 4.90 Å². The summed E-state index contributed by atoms with van der Waals surface area (Å²) in [4.78, 5) is 10.8. The van der Waals surface area contributed by atoms with E-state index in [-0.39, 0.29) is 22.9 Å². The summed E-state index contributed by atoms with van der Waals surface area (Å²) in [5.41, 5.74) is 7.25. The number of hydrogen-bond acceptors (Lipinski definition) is 7. The van der Waals surface area contributed by atoms with E-state index < -0.39 is 15.8 Å². The molecule has 0 unspecified atom stereocenters. The highest BCUT2D eigenvalue weighted by Gasteiger charge is 2.24. The number of rotatable bonds is 6. The van der Waals surface area contributed by atoms with Crippen molar-refractivity contribution in [3.05, 3.63) is 41.7 Å². The van der Waals surface area contributed by atoms with Crippen molar-refractivity contribution >= 4 is 39.3 Å². The fourth-order valence-electron chi connectivity index (χ4n) is 3.17. The summed E-state index contributed by atoms with van der Waals surface area (Å²) < 4.78 is 46.9. The van der Waals surface area contributed by atoms with Gasteiger partial charge in [0.05, 0.1) is 35.7 Å². The molecule has 0 aliphatic carbocycles.